The van der Waals surface area contributed by atoms with E-state index in [2.05, 4.69) is 5.92 Å². The van der Waals surface area contributed by atoms with Crippen LogP contribution < -0.4 is 0 Å². The van der Waals surface area contributed by atoms with Crippen LogP contribution in [0.5, 0.6) is 0 Å². The lowest BCUT2D eigenvalue weighted by molar-refractivity contribution is -0.385. The third-order valence-electron chi connectivity index (χ3n) is 4.08. The lowest BCUT2D eigenvalue weighted by Gasteiger charge is -2.32. The molecule has 0 bridgehead atoms. The Morgan fingerprint density at radius 1 is 1.57 bits per heavy atom. The highest BCUT2D eigenvalue weighted by molar-refractivity contribution is 5.96. The number of likely N-dealkylation sites (tertiary alicyclic amines) is 1. The molecule has 0 spiro atoms. The number of carbonyl (C=O) groups is 1. The number of benzene rings is 1. The van der Waals surface area contributed by atoms with Crippen LogP contribution in [0.3, 0.4) is 0 Å². The third kappa shape index (κ3) is 4.08. The number of nitro groups is 1. The molecule has 1 fully saturated rings. The molecule has 0 aromatic heterocycles. The van der Waals surface area contributed by atoms with E-state index in [9.17, 15) is 14.9 Å². The number of carbonyl (C=O) groups excluding carboxylic acids is 1. The average Bonchev–Trinajstić information content (AvgIpc) is 2.55. The molecule has 1 amide bonds. The van der Waals surface area contributed by atoms with Gasteiger partial charge in [0.05, 0.1) is 11.5 Å². The quantitative estimate of drug-likeness (QED) is 0.362. The zero-order valence-electron chi connectivity index (χ0n) is 13.2. The van der Waals surface area contributed by atoms with Crippen LogP contribution in [-0.2, 0) is 4.74 Å². The van der Waals surface area contributed by atoms with E-state index >= 15 is 0 Å². The smallest absolute Gasteiger partial charge is 0.273 e. The molecule has 0 saturated carbocycles. The summed E-state index contributed by atoms with van der Waals surface area (Å²) in [4.78, 5) is 25.0. The fraction of sp³-hybridized carbons (Fsp3) is 0.471. The van der Waals surface area contributed by atoms with Crippen LogP contribution in [0, 0.1) is 35.3 Å². The first kappa shape index (κ1) is 17.0. The van der Waals surface area contributed by atoms with Crippen molar-refractivity contribution in [3.05, 3.63) is 39.4 Å². The zero-order valence-corrected chi connectivity index (χ0v) is 13.2. The van der Waals surface area contributed by atoms with E-state index in [1.54, 1.807) is 24.0 Å². The van der Waals surface area contributed by atoms with Gasteiger partial charge >= 0.3 is 0 Å². The van der Waals surface area contributed by atoms with E-state index in [0.29, 0.717) is 30.8 Å². The highest BCUT2D eigenvalue weighted by Gasteiger charge is 2.27. The molecule has 6 nitrogen and oxygen atoms in total. The summed E-state index contributed by atoms with van der Waals surface area (Å²) in [6.45, 7) is 3.66. The molecule has 2 rings (SSSR count). The summed E-state index contributed by atoms with van der Waals surface area (Å²) < 4.78 is 5.37. The van der Waals surface area contributed by atoms with E-state index < -0.39 is 4.92 Å². The first-order valence-electron chi connectivity index (χ1n) is 7.59. The fourth-order valence-electron chi connectivity index (χ4n) is 2.89. The molecule has 0 aliphatic carbocycles. The molecular weight excluding hydrogens is 296 g/mol. The molecule has 1 atom stereocenters. The van der Waals surface area contributed by atoms with Crippen molar-refractivity contribution >= 4 is 11.6 Å². The standard InChI is InChI=1S/C17H20N2O4/c1-3-10-23-12-14-6-5-9-18(11-14)17(20)15-7-4-8-16(13(15)2)19(21)22/h1,4,7-8,14H,5-6,9-12H2,2H3. The fourth-order valence-corrected chi connectivity index (χ4v) is 2.89. The molecular formula is C17H20N2O4. The molecule has 1 aromatic rings. The number of amides is 1. The van der Waals surface area contributed by atoms with Crippen molar-refractivity contribution in [3.8, 4) is 12.3 Å². The highest BCUT2D eigenvalue weighted by Crippen LogP contribution is 2.24. The van der Waals surface area contributed by atoms with Gasteiger partial charge < -0.3 is 9.64 Å². The summed E-state index contributed by atoms with van der Waals surface area (Å²) in [6, 6.07) is 4.61. The van der Waals surface area contributed by atoms with Crippen molar-refractivity contribution in [2.24, 2.45) is 5.92 Å². The predicted octanol–water partition coefficient (Wildman–Crippen LogP) is 2.41. The maximum Gasteiger partial charge on any atom is 0.273 e. The Morgan fingerprint density at radius 2 is 2.35 bits per heavy atom. The molecule has 1 aliphatic rings. The van der Waals surface area contributed by atoms with Gasteiger partial charge in [0.25, 0.3) is 11.6 Å². The molecule has 6 heteroatoms. The Balaban J connectivity index is 2.10. The van der Waals surface area contributed by atoms with Gasteiger partial charge in [-0.2, -0.15) is 0 Å². The number of nitro benzene ring substituents is 1. The predicted molar refractivity (Wildman–Crippen MR) is 86.1 cm³/mol. The van der Waals surface area contributed by atoms with Crippen molar-refractivity contribution in [2.75, 3.05) is 26.3 Å². The molecule has 1 saturated heterocycles. The second kappa shape index (κ2) is 7.75. The lowest BCUT2D eigenvalue weighted by Crippen LogP contribution is -2.41. The first-order valence-corrected chi connectivity index (χ1v) is 7.59. The van der Waals surface area contributed by atoms with Gasteiger partial charge in [-0.15, -0.1) is 6.42 Å². The molecule has 1 aromatic carbocycles. The van der Waals surface area contributed by atoms with E-state index in [1.807, 2.05) is 0 Å². The summed E-state index contributed by atoms with van der Waals surface area (Å²) >= 11 is 0. The maximum atomic E-state index is 12.7. The van der Waals surface area contributed by atoms with Gasteiger partial charge in [0.1, 0.15) is 6.61 Å². The Morgan fingerprint density at radius 3 is 3.04 bits per heavy atom. The summed E-state index contributed by atoms with van der Waals surface area (Å²) in [5, 5.41) is 11.0. The van der Waals surface area contributed by atoms with Crippen molar-refractivity contribution in [2.45, 2.75) is 19.8 Å². The van der Waals surface area contributed by atoms with E-state index in [0.717, 1.165) is 12.8 Å². The van der Waals surface area contributed by atoms with Gasteiger partial charge in [-0.25, -0.2) is 0 Å². The SMILES string of the molecule is C#CCOCC1CCCN(C(=O)c2cccc([N+](=O)[O-])c2C)C1. The molecule has 1 heterocycles. The van der Waals surface area contributed by atoms with Crippen LogP contribution in [0.2, 0.25) is 0 Å². The minimum atomic E-state index is -0.460. The van der Waals surface area contributed by atoms with Gasteiger partial charge in [-0.3, -0.25) is 14.9 Å². The van der Waals surface area contributed by atoms with Crippen molar-refractivity contribution < 1.29 is 14.5 Å². The molecule has 0 radical (unpaired) electrons. The minimum Gasteiger partial charge on any atom is -0.368 e. The minimum absolute atomic E-state index is 0.0261. The van der Waals surface area contributed by atoms with Crippen LogP contribution in [0.15, 0.2) is 18.2 Å². The van der Waals surface area contributed by atoms with Crippen molar-refractivity contribution in [1.82, 2.24) is 4.90 Å². The Kier molecular flexibility index (Phi) is 5.72. The largest absolute Gasteiger partial charge is 0.368 e. The average molecular weight is 316 g/mol. The van der Waals surface area contributed by atoms with Crippen LogP contribution in [0.1, 0.15) is 28.8 Å². The number of rotatable bonds is 5. The van der Waals surface area contributed by atoms with Crippen LogP contribution >= 0.6 is 0 Å². The zero-order chi connectivity index (χ0) is 16.8. The summed E-state index contributed by atoms with van der Waals surface area (Å²) in [6.07, 6.45) is 7.04. The summed E-state index contributed by atoms with van der Waals surface area (Å²) in [5.74, 6) is 2.52. The van der Waals surface area contributed by atoms with Crippen molar-refractivity contribution in [3.63, 3.8) is 0 Å². The molecule has 23 heavy (non-hydrogen) atoms. The number of nitrogens with zero attached hydrogens (tertiary/aromatic N) is 2. The normalized spacial score (nSPS) is 17.6. The maximum absolute atomic E-state index is 12.7. The third-order valence-corrected chi connectivity index (χ3v) is 4.08. The lowest BCUT2D eigenvalue weighted by atomic mass is 9.97. The topological polar surface area (TPSA) is 72.7 Å². The number of hydrogen-bond acceptors (Lipinski definition) is 4. The Hall–Kier alpha value is -2.39. The number of hydrogen-bond donors (Lipinski definition) is 0. The van der Waals surface area contributed by atoms with E-state index in [1.165, 1.54) is 6.07 Å². The molecule has 122 valence electrons. The van der Waals surface area contributed by atoms with Gasteiger partial charge in [-0.1, -0.05) is 12.0 Å². The summed E-state index contributed by atoms with van der Waals surface area (Å²) in [7, 11) is 0. The first-order chi connectivity index (χ1) is 11.0. The number of piperidine rings is 1. The van der Waals surface area contributed by atoms with Crippen LogP contribution in [0.25, 0.3) is 0 Å². The van der Waals surface area contributed by atoms with Gasteiger partial charge in [0.2, 0.25) is 0 Å². The van der Waals surface area contributed by atoms with Crippen LogP contribution in [-0.4, -0.2) is 42.0 Å². The van der Waals surface area contributed by atoms with Gasteiger partial charge in [0.15, 0.2) is 0 Å². The highest BCUT2D eigenvalue weighted by atomic mass is 16.6. The van der Waals surface area contributed by atoms with E-state index in [-0.39, 0.29) is 24.1 Å². The molecule has 0 N–H and O–H groups in total. The second-order valence-corrected chi connectivity index (χ2v) is 5.69. The Bertz CT molecular complexity index is 636. The number of terminal acetylenes is 1. The Labute approximate surface area is 135 Å². The van der Waals surface area contributed by atoms with Crippen molar-refractivity contribution in [1.29, 1.82) is 0 Å². The summed E-state index contributed by atoms with van der Waals surface area (Å²) in [5.41, 5.74) is 0.777. The van der Waals surface area contributed by atoms with Gasteiger partial charge in [0, 0.05) is 36.2 Å². The monoisotopic (exact) mass is 316 g/mol. The van der Waals surface area contributed by atoms with E-state index in [4.69, 9.17) is 11.2 Å². The molecule has 1 aliphatic heterocycles. The number of ether oxygens (including phenoxy) is 1. The van der Waals surface area contributed by atoms with Crippen LogP contribution in [0.4, 0.5) is 5.69 Å². The second-order valence-electron chi connectivity index (χ2n) is 5.69. The van der Waals surface area contributed by atoms with Gasteiger partial charge in [-0.05, 0) is 25.8 Å². The molecule has 1 unspecified atom stereocenters.